The normalized spacial score (nSPS) is 16.7. The fraction of sp³-hybridized carbons (Fsp3) is 0.538. The third-order valence-electron chi connectivity index (χ3n) is 2.93. The molecule has 1 aliphatic carbocycles. The smallest absolute Gasteiger partial charge is 0.174 e. The minimum absolute atomic E-state index is 0.489. The van der Waals surface area contributed by atoms with E-state index in [9.17, 15) is 5.11 Å². The number of aliphatic hydroxyl groups is 1. The number of rotatable bonds is 5. The molecule has 0 saturated heterocycles. The molecule has 17 heavy (non-hydrogen) atoms. The van der Waals surface area contributed by atoms with Gasteiger partial charge in [0.2, 0.25) is 0 Å². The van der Waals surface area contributed by atoms with E-state index in [1.165, 1.54) is 0 Å². The molecule has 1 fully saturated rings. The molecule has 0 spiro atoms. The van der Waals surface area contributed by atoms with Crippen LogP contribution in [0.3, 0.4) is 0 Å². The lowest BCUT2D eigenvalue weighted by molar-refractivity contribution is 0.151. The molecule has 2 rings (SSSR count). The van der Waals surface area contributed by atoms with Gasteiger partial charge in [-0.15, -0.1) is 0 Å². The lowest BCUT2D eigenvalue weighted by atomic mass is 10.1. The van der Waals surface area contributed by atoms with Gasteiger partial charge in [-0.05, 0) is 53.4 Å². The van der Waals surface area contributed by atoms with Gasteiger partial charge < -0.3 is 14.6 Å². The number of benzene rings is 1. The van der Waals surface area contributed by atoms with E-state index in [-0.39, 0.29) is 0 Å². The standard InChI is InChI=1S/C13H17BrO3/c1-3-17-11-7-9(8-13(15)4-5-13)6-10(14)12(11)16-2/h6-7,15H,3-5,8H2,1-2H3. The lowest BCUT2D eigenvalue weighted by Crippen LogP contribution is -2.11. The molecule has 1 N–H and O–H groups in total. The summed E-state index contributed by atoms with van der Waals surface area (Å²) in [5, 5.41) is 9.93. The minimum atomic E-state index is -0.489. The first-order valence-corrected chi connectivity index (χ1v) is 6.59. The van der Waals surface area contributed by atoms with Gasteiger partial charge in [0.05, 0.1) is 23.8 Å². The van der Waals surface area contributed by atoms with E-state index in [4.69, 9.17) is 9.47 Å². The summed E-state index contributed by atoms with van der Waals surface area (Å²) in [4.78, 5) is 0. The van der Waals surface area contributed by atoms with Crippen molar-refractivity contribution in [3.8, 4) is 11.5 Å². The van der Waals surface area contributed by atoms with Crippen LogP contribution < -0.4 is 9.47 Å². The molecule has 94 valence electrons. The molecule has 0 unspecified atom stereocenters. The Kier molecular flexibility index (Phi) is 3.64. The van der Waals surface area contributed by atoms with Crippen molar-refractivity contribution in [2.75, 3.05) is 13.7 Å². The summed E-state index contributed by atoms with van der Waals surface area (Å²) in [6.07, 6.45) is 2.46. The van der Waals surface area contributed by atoms with E-state index < -0.39 is 5.60 Å². The summed E-state index contributed by atoms with van der Waals surface area (Å²) in [6, 6.07) is 3.93. The Labute approximate surface area is 110 Å². The summed E-state index contributed by atoms with van der Waals surface area (Å²) < 4.78 is 11.7. The summed E-state index contributed by atoms with van der Waals surface area (Å²) in [7, 11) is 1.62. The van der Waals surface area contributed by atoms with Crippen LogP contribution in [0.2, 0.25) is 0 Å². The van der Waals surface area contributed by atoms with Crippen molar-refractivity contribution in [2.45, 2.75) is 31.8 Å². The lowest BCUT2D eigenvalue weighted by Gasteiger charge is -2.14. The van der Waals surface area contributed by atoms with Gasteiger partial charge in [0, 0.05) is 6.42 Å². The average molecular weight is 301 g/mol. The highest BCUT2D eigenvalue weighted by Crippen LogP contribution is 2.42. The van der Waals surface area contributed by atoms with Crippen molar-refractivity contribution in [3.05, 3.63) is 22.2 Å². The molecular formula is C13H17BrO3. The molecule has 1 aromatic carbocycles. The molecule has 0 aliphatic heterocycles. The van der Waals surface area contributed by atoms with E-state index in [2.05, 4.69) is 15.9 Å². The van der Waals surface area contributed by atoms with Crippen LogP contribution in [0.5, 0.6) is 11.5 Å². The number of ether oxygens (including phenoxy) is 2. The summed E-state index contributed by atoms with van der Waals surface area (Å²) >= 11 is 3.47. The van der Waals surface area contributed by atoms with Crippen LogP contribution in [0.4, 0.5) is 0 Å². The van der Waals surface area contributed by atoms with E-state index in [1.807, 2.05) is 19.1 Å². The third kappa shape index (κ3) is 2.93. The van der Waals surface area contributed by atoms with Gasteiger partial charge in [0.25, 0.3) is 0 Å². The van der Waals surface area contributed by atoms with Gasteiger partial charge in [-0.2, -0.15) is 0 Å². The zero-order chi connectivity index (χ0) is 12.5. The predicted molar refractivity (Wildman–Crippen MR) is 69.8 cm³/mol. The van der Waals surface area contributed by atoms with Crippen LogP contribution >= 0.6 is 15.9 Å². The quantitative estimate of drug-likeness (QED) is 0.909. The topological polar surface area (TPSA) is 38.7 Å². The molecule has 1 saturated carbocycles. The monoisotopic (exact) mass is 300 g/mol. The average Bonchev–Trinajstić information content (AvgIpc) is 2.96. The largest absolute Gasteiger partial charge is 0.492 e. The molecule has 0 amide bonds. The number of methoxy groups -OCH3 is 1. The summed E-state index contributed by atoms with van der Waals surface area (Å²) in [5.74, 6) is 1.43. The van der Waals surface area contributed by atoms with Crippen molar-refractivity contribution in [2.24, 2.45) is 0 Å². The maximum absolute atomic E-state index is 9.93. The molecule has 0 radical (unpaired) electrons. The van der Waals surface area contributed by atoms with E-state index in [0.717, 1.165) is 28.6 Å². The molecule has 0 heterocycles. The van der Waals surface area contributed by atoms with Gasteiger partial charge in [-0.25, -0.2) is 0 Å². The molecule has 3 nitrogen and oxygen atoms in total. The zero-order valence-corrected chi connectivity index (χ0v) is 11.7. The van der Waals surface area contributed by atoms with Crippen LogP contribution in [-0.2, 0) is 6.42 Å². The maximum atomic E-state index is 9.93. The maximum Gasteiger partial charge on any atom is 0.174 e. The molecule has 4 heteroatoms. The molecule has 1 aliphatic rings. The van der Waals surface area contributed by atoms with Gasteiger partial charge in [0.1, 0.15) is 0 Å². The van der Waals surface area contributed by atoms with E-state index in [0.29, 0.717) is 18.8 Å². The molecule has 1 aromatic rings. The summed E-state index contributed by atoms with van der Waals surface area (Å²) in [5.41, 5.74) is 0.582. The van der Waals surface area contributed by atoms with Crippen molar-refractivity contribution >= 4 is 15.9 Å². The first kappa shape index (κ1) is 12.7. The Hall–Kier alpha value is -0.740. The van der Waals surface area contributed by atoms with Crippen LogP contribution in [0.25, 0.3) is 0 Å². The second-order valence-electron chi connectivity index (χ2n) is 4.44. The van der Waals surface area contributed by atoms with Crippen molar-refractivity contribution < 1.29 is 14.6 Å². The Bertz CT molecular complexity index is 413. The van der Waals surface area contributed by atoms with Crippen molar-refractivity contribution in [3.63, 3.8) is 0 Å². The van der Waals surface area contributed by atoms with Gasteiger partial charge in [-0.3, -0.25) is 0 Å². The Balaban J connectivity index is 2.28. The molecule has 0 bridgehead atoms. The third-order valence-corrected chi connectivity index (χ3v) is 3.52. The van der Waals surface area contributed by atoms with Gasteiger partial charge >= 0.3 is 0 Å². The predicted octanol–water partition coefficient (Wildman–Crippen LogP) is 2.92. The fourth-order valence-corrected chi connectivity index (χ4v) is 2.54. The second-order valence-corrected chi connectivity index (χ2v) is 5.30. The highest BCUT2D eigenvalue weighted by Gasteiger charge is 2.40. The Morgan fingerprint density at radius 2 is 2.12 bits per heavy atom. The Morgan fingerprint density at radius 1 is 1.41 bits per heavy atom. The van der Waals surface area contributed by atoms with Gasteiger partial charge in [0.15, 0.2) is 11.5 Å². The molecule has 0 atom stereocenters. The molecule has 0 aromatic heterocycles. The van der Waals surface area contributed by atoms with Crippen LogP contribution in [0, 0.1) is 0 Å². The van der Waals surface area contributed by atoms with Crippen LogP contribution in [-0.4, -0.2) is 24.4 Å². The zero-order valence-electron chi connectivity index (χ0n) is 10.1. The van der Waals surface area contributed by atoms with E-state index in [1.54, 1.807) is 7.11 Å². The van der Waals surface area contributed by atoms with Crippen molar-refractivity contribution in [1.82, 2.24) is 0 Å². The van der Waals surface area contributed by atoms with Crippen molar-refractivity contribution in [1.29, 1.82) is 0 Å². The van der Waals surface area contributed by atoms with Crippen LogP contribution in [0.15, 0.2) is 16.6 Å². The van der Waals surface area contributed by atoms with Gasteiger partial charge in [-0.1, -0.05) is 0 Å². The Morgan fingerprint density at radius 3 is 2.65 bits per heavy atom. The van der Waals surface area contributed by atoms with E-state index >= 15 is 0 Å². The molecular weight excluding hydrogens is 284 g/mol. The first-order chi connectivity index (χ1) is 8.08. The SMILES string of the molecule is CCOc1cc(CC2(O)CC2)cc(Br)c1OC. The van der Waals surface area contributed by atoms with Crippen LogP contribution in [0.1, 0.15) is 25.3 Å². The minimum Gasteiger partial charge on any atom is -0.492 e. The second kappa shape index (κ2) is 4.86. The summed E-state index contributed by atoms with van der Waals surface area (Å²) in [6.45, 7) is 2.53. The number of hydrogen-bond acceptors (Lipinski definition) is 3. The highest BCUT2D eigenvalue weighted by molar-refractivity contribution is 9.10. The first-order valence-electron chi connectivity index (χ1n) is 5.79. The fourth-order valence-electron chi connectivity index (χ4n) is 1.89. The number of hydrogen-bond donors (Lipinski definition) is 1. The number of halogens is 1. The highest BCUT2D eigenvalue weighted by atomic mass is 79.9.